The van der Waals surface area contributed by atoms with Gasteiger partial charge in [0.2, 0.25) is 23.5 Å². The predicted octanol–water partition coefficient (Wildman–Crippen LogP) is 3.39. The van der Waals surface area contributed by atoms with Gasteiger partial charge in [0.25, 0.3) is 11.8 Å². The SMILES string of the molecule is CC[C@H](NC(=O)[C@H](CC1CCCCC1)NC(=O)[C@@H](NC(=O)[C@H](CC(C)C)NC(=O)c1cnccn1)[C@@H](C)CC)C(=O)C(=O)NCc1ccccc1. The molecule has 1 aliphatic carbocycles. The number of nitrogens with one attached hydrogen (secondary N) is 5. The van der Waals surface area contributed by atoms with Gasteiger partial charge in [-0.25, -0.2) is 4.98 Å². The molecule has 13 nitrogen and oxygen atoms in total. The Kier molecular flexibility index (Phi) is 16.7. The Bertz CT molecular complexity index is 1450. The van der Waals surface area contributed by atoms with Crippen molar-refractivity contribution in [1.29, 1.82) is 0 Å². The Balaban J connectivity index is 1.76. The highest BCUT2D eigenvalue weighted by molar-refractivity contribution is 6.38. The van der Waals surface area contributed by atoms with E-state index in [0.717, 1.165) is 37.7 Å². The van der Waals surface area contributed by atoms with Crippen molar-refractivity contribution in [2.75, 3.05) is 0 Å². The minimum absolute atomic E-state index is 0.0389. The number of rotatable bonds is 19. The number of nitrogens with zero attached hydrogens (tertiary/aromatic N) is 2. The Hall–Kier alpha value is -4.68. The van der Waals surface area contributed by atoms with E-state index in [4.69, 9.17) is 0 Å². The van der Waals surface area contributed by atoms with Crippen LogP contribution in [0.25, 0.3) is 0 Å². The molecule has 0 saturated heterocycles. The van der Waals surface area contributed by atoms with Crippen LogP contribution in [0, 0.1) is 17.8 Å². The first-order chi connectivity index (χ1) is 24.4. The van der Waals surface area contributed by atoms with Crippen molar-refractivity contribution in [3.05, 3.63) is 60.2 Å². The van der Waals surface area contributed by atoms with E-state index >= 15 is 0 Å². The molecule has 0 bridgehead atoms. The van der Waals surface area contributed by atoms with E-state index in [9.17, 15) is 28.8 Å². The molecule has 0 radical (unpaired) electrons. The summed E-state index contributed by atoms with van der Waals surface area (Å²) in [6.07, 6.45) is 10.5. The minimum atomic E-state index is -1.08. The summed E-state index contributed by atoms with van der Waals surface area (Å²) < 4.78 is 0. The lowest BCUT2D eigenvalue weighted by Gasteiger charge is -2.31. The van der Waals surface area contributed by atoms with Gasteiger partial charge in [0.15, 0.2) is 0 Å². The van der Waals surface area contributed by atoms with Crippen LogP contribution in [0.4, 0.5) is 0 Å². The summed E-state index contributed by atoms with van der Waals surface area (Å²) in [5, 5.41) is 13.8. The molecule has 51 heavy (non-hydrogen) atoms. The van der Waals surface area contributed by atoms with Crippen molar-refractivity contribution in [2.45, 2.75) is 123 Å². The van der Waals surface area contributed by atoms with Crippen LogP contribution in [0.3, 0.4) is 0 Å². The van der Waals surface area contributed by atoms with Crippen molar-refractivity contribution in [1.82, 2.24) is 36.6 Å². The van der Waals surface area contributed by atoms with E-state index in [1.54, 1.807) is 6.92 Å². The molecule has 278 valence electrons. The molecule has 1 fully saturated rings. The molecule has 5 atom stereocenters. The van der Waals surface area contributed by atoms with Crippen molar-refractivity contribution in [3.8, 4) is 0 Å². The van der Waals surface area contributed by atoms with Gasteiger partial charge in [-0.3, -0.25) is 33.8 Å². The van der Waals surface area contributed by atoms with Crippen LogP contribution in [-0.4, -0.2) is 69.5 Å². The third-order valence-electron chi connectivity index (χ3n) is 9.41. The molecule has 5 amide bonds. The Morgan fingerprint density at radius 3 is 2.04 bits per heavy atom. The molecule has 0 spiro atoms. The normalized spacial score (nSPS) is 16.1. The van der Waals surface area contributed by atoms with Crippen LogP contribution in [0.5, 0.6) is 0 Å². The van der Waals surface area contributed by atoms with Crippen LogP contribution in [0.2, 0.25) is 0 Å². The quantitative estimate of drug-likeness (QED) is 0.138. The number of Topliss-reactive ketones (excluding diaryl/α,β-unsaturated/α-hetero) is 1. The van der Waals surface area contributed by atoms with Crippen molar-refractivity contribution < 1.29 is 28.8 Å². The molecular weight excluding hydrogens is 650 g/mol. The molecule has 0 aliphatic heterocycles. The fourth-order valence-corrected chi connectivity index (χ4v) is 6.21. The van der Waals surface area contributed by atoms with Gasteiger partial charge in [-0.15, -0.1) is 0 Å². The summed E-state index contributed by atoms with van der Waals surface area (Å²) in [5.41, 5.74) is 0.890. The summed E-state index contributed by atoms with van der Waals surface area (Å²) in [4.78, 5) is 88.3. The Morgan fingerprint density at radius 2 is 1.43 bits per heavy atom. The highest BCUT2D eigenvalue weighted by Gasteiger charge is 2.35. The summed E-state index contributed by atoms with van der Waals surface area (Å²) in [6.45, 7) is 9.43. The number of benzene rings is 1. The van der Waals surface area contributed by atoms with Gasteiger partial charge in [0.1, 0.15) is 23.8 Å². The molecule has 2 aromatic rings. The lowest BCUT2D eigenvalue weighted by atomic mass is 9.84. The average Bonchev–Trinajstić information content (AvgIpc) is 3.14. The first kappa shape index (κ1) is 40.7. The van der Waals surface area contributed by atoms with E-state index in [2.05, 4.69) is 36.6 Å². The van der Waals surface area contributed by atoms with Crippen LogP contribution in [0.1, 0.15) is 108 Å². The van der Waals surface area contributed by atoms with Crippen LogP contribution >= 0.6 is 0 Å². The maximum absolute atomic E-state index is 14.0. The van der Waals surface area contributed by atoms with Gasteiger partial charge >= 0.3 is 0 Å². The monoisotopic (exact) mass is 705 g/mol. The summed E-state index contributed by atoms with van der Waals surface area (Å²) in [5.74, 6) is -3.87. The number of ketones is 1. The van der Waals surface area contributed by atoms with Crippen LogP contribution in [-0.2, 0) is 30.5 Å². The second-order valence-electron chi connectivity index (χ2n) is 13.9. The fourth-order valence-electron chi connectivity index (χ4n) is 6.21. The third-order valence-corrected chi connectivity index (χ3v) is 9.41. The molecule has 1 aliphatic rings. The van der Waals surface area contributed by atoms with Gasteiger partial charge < -0.3 is 26.6 Å². The highest BCUT2D eigenvalue weighted by atomic mass is 16.2. The standard InChI is InChI=1S/C38H55N7O6/c1-6-25(5)32(45-35(48)29(20-24(3)4)43-36(49)31-23-39-18-19-40-31)37(50)44-30(21-26-14-10-8-11-15-26)34(47)42-28(7-2)33(46)38(51)41-22-27-16-12-9-13-17-27/h9,12-13,16-19,23-26,28-30,32H,6-8,10-11,14-15,20-22H2,1-5H3,(H,41,51)(H,42,47)(H,43,49)(H,44,50)(H,45,48)/t25-,28-,29-,30-,32-/m0/s1. The minimum Gasteiger partial charge on any atom is -0.345 e. The molecule has 5 N–H and O–H groups in total. The van der Waals surface area contributed by atoms with Crippen LogP contribution < -0.4 is 26.6 Å². The fraction of sp³-hybridized carbons (Fsp3) is 0.579. The van der Waals surface area contributed by atoms with Crippen LogP contribution in [0.15, 0.2) is 48.9 Å². The summed E-state index contributed by atoms with van der Waals surface area (Å²) in [6, 6.07) is 5.13. The predicted molar refractivity (Wildman–Crippen MR) is 193 cm³/mol. The maximum atomic E-state index is 14.0. The number of hydrogen-bond acceptors (Lipinski definition) is 8. The summed E-state index contributed by atoms with van der Waals surface area (Å²) >= 11 is 0. The van der Waals surface area contributed by atoms with E-state index in [-0.39, 0.29) is 36.4 Å². The van der Waals surface area contributed by atoms with Crippen molar-refractivity contribution in [3.63, 3.8) is 0 Å². The molecule has 1 aromatic carbocycles. The second kappa shape index (κ2) is 20.9. The molecular formula is C38H55N7O6. The zero-order valence-corrected chi connectivity index (χ0v) is 30.6. The lowest BCUT2D eigenvalue weighted by molar-refractivity contribution is -0.140. The van der Waals surface area contributed by atoms with E-state index in [1.165, 1.54) is 18.6 Å². The number of hydrogen-bond donors (Lipinski definition) is 5. The first-order valence-electron chi connectivity index (χ1n) is 18.3. The Morgan fingerprint density at radius 1 is 0.765 bits per heavy atom. The zero-order chi connectivity index (χ0) is 37.3. The van der Waals surface area contributed by atoms with Gasteiger partial charge in [0, 0.05) is 18.9 Å². The Labute approximate surface area is 301 Å². The molecule has 1 aromatic heterocycles. The van der Waals surface area contributed by atoms with Crippen molar-refractivity contribution >= 4 is 35.3 Å². The molecule has 0 unspecified atom stereocenters. The lowest BCUT2D eigenvalue weighted by Crippen LogP contribution is -2.60. The average molecular weight is 706 g/mol. The number of carbonyl (C=O) groups is 6. The van der Waals surface area contributed by atoms with Gasteiger partial charge in [-0.05, 0) is 42.6 Å². The third kappa shape index (κ3) is 13.2. The van der Waals surface area contributed by atoms with Gasteiger partial charge in [0.05, 0.1) is 12.2 Å². The van der Waals surface area contributed by atoms with Gasteiger partial charge in [-0.1, -0.05) is 103 Å². The summed E-state index contributed by atoms with van der Waals surface area (Å²) in [7, 11) is 0. The van der Waals surface area contributed by atoms with E-state index in [1.807, 2.05) is 58.0 Å². The molecule has 13 heteroatoms. The second-order valence-corrected chi connectivity index (χ2v) is 13.9. The molecule has 1 saturated carbocycles. The number of aromatic nitrogens is 2. The van der Waals surface area contributed by atoms with E-state index < -0.39 is 59.5 Å². The maximum Gasteiger partial charge on any atom is 0.289 e. The van der Waals surface area contributed by atoms with E-state index in [0.29, 0.717) is 19.3 Å². The molecule has 3 rings (SSSR count). The zero-order valence-electron chi connectivity index (χ0n) is 30.6. The molecule has 1 heterocycles. The first-order valence-corrected chi connectivity index (χ1v) is 18.3. The highest BCUT2D eigenvalue weighted by Crippen LogP contribution is 2.27. The largest absolute Gasteiger partial charge is 0.345 e. The number of carbonyl (C=O) groups excluding carboxylic acids is 6. The number of amides is 5. The van der Waals surface area contributed by atoms with Crippen molar-refractivity contribution in [2.24, 2.45) is 17.8 Å². The topological polar surface area (TPSA) is 188 Å². The smallest absolute Gasteiger partial charge is 0.289 e. The van der Waals surface area contributed by atoms with Gasteiger partial charge in [-0.2, -0.15) is 0 Å².